The Morgan fingerprint density at radius 3 is 1.67 bits per heavy atom. The standard InChI is InChI=1S/C6H16NO.H2O/c1-6(5-8)7(2,3)4;/h6,8H,5H2,1-4H3;1H2/q+1;/p-1. The number of nitrogens with zero attached hydrogens (tertiary/aromatic N) is 1. The Kier molecular flexibility index (Phi) is 4.95. The van der Waals surface area contributed by atoms with E-state index in [2.05, 4.69) is 21.1 Å². The fourth-order valence-corrected chi connectivity index (χ4v) is 0.245. The van der Waals surface area contributed by atoms with Gasteiger partial charge in [-0.15, -0.1) is 0 Å². The van der Waals surface area contributed by atoms with Crippen molar-refractivity contribution in [3.63, 3.8) is 0 Å². The van der Waals surface area contributed by atoms with E-state index in [1.807, 2.05) is 6.92 Å². The highest BCUT2D eigenvalue weighted by Gasteiger charge is 2.15. The van der Waals surface area contributed by atoms with Crippen LogP contribution in [0.15, 0.2) is 0 Å². The first kappa shape index (κ1) is 11.6. The van der Waals surface area contributed by atoms with Crippen LogP contribution in [-0.2, 0) is 0 Å². The van der Waals surface area contributed by atoms with Crippen LogP contribution < -0.4 is 0 Å². The summed E-state index contributed by atoms with van der Waals surface area (Å²) in [6, 6.07) is 0.343. The van der Waals surface area contributed by atoms with Crippen molar-refractivity contribution >= 4 is 0 Å². The van der Waals surface area contributed by atoms with Gasteiger partial charge >= 0.3 is 0 Å². The Morgan fingerprint density at radius 1 is 1.33 bits per heavy atom. The molecule has 0 saturated carbocycles. The second kappa shape index (κ2) is 3.82. The van der Waals surface area contributed by atoms with Gasteiger partial charge in [-0.25, -0.2) is 0 Å². The first-order chi connectivity index (χ1) is 3.48. The zero-order valence-corrected chi connectivity index (χ0v) is 6.63. The second-order valence-electron chi connectivity index (χ2n) is 3.15. The second-order valence-corrected chi connectivity index (χ2v) is 3.15. The lowest BCUT2D eigenvalue weighted by Crippen LogP contribution is -2.45. The van der Waals surface area contributed by atoms with Crippen molar-refractivity contribution in [2.24, 2.45) is 0 Å². The van der Waals surface area contributed by atoms with Crippen LogP contribution in [0.3, 0.4) is 0 Å². The minimum atomic E-state index is 0. The Bertz CT molecular complexity index is 67.9. The lowest BCUT2D eigenvalue weighted by atomic mass is 10.3. The van der Waals surface area contributed by atoms with Crippen molar-refractivity contribution in [2.45, 2.75) is 13.0 Å². The smallest absolute Gasteiger partial charge is 0.109 e. The molecule has 1 atom stereocenters. The molecule has 0 radical (unpaired) electrons. The van der Waals surface area contributed by atoms with Gasteiger partial charge in [-0.1, -0.05) is 0 Å². The van der Waals surface area contributed by atoms with Gasteiger partial charge in [0.05, 0.1) is 27.7 Å². The van der Waals surface area contributed by atoms with E-state index in [4.69, 9.17) is 5.11 Å². The van der Waals surface area contributed by atoms with E-state index in [0.717, 1.165) is 4.48 Å². The number of aliphatic hydroxyl groups is 1. The lowest BCUT2D eigenvalue weighted by molar-refractivity contribution is -0.894. The maximum atomic E-state index is 8.65. The molecule has 0 saturated heterocycles. The molecule has 3 heteroatoms. The van der Waals surface area contributed by atoms with Gasteiger partial charge in [-0.05, 0) is 6.92 Å². The zero-order valence-electron chi connectivity index (χ0n) is 6.63. The molecule has 0 aromatic carbocycles. The topological polar surface area (TPSA) is 50.2 Å². The summed E-state index contributed by atoms with van der Waals surface area (Å²) in [7, 11) is 6.21. The fraction of sp³-hybridized carbons (Fsp3) is 1.00. The average molecular weight is 135 g/mol. The van der Waals surface area contributed by atoms with E-state index in [9.17, 15) is 0 Å². The van der Waals surface area contributed by atoms with E-state index in [1.54, 1.807) is 0 Å². The minimum absolute atomic E-state index is 0. The highest BCUT2D eigenvalue weighted by atomic mass is 16.3. The Labute approximate surface area is 56.8 Å². The molecule has 0 bridgehead atoms. The maximum absolute atomic E-state index is 8.65. The third-order valence-corrected chi connectivity index (χ3v) is 1.59. The van der Waals surface area contributed by atoms with Gasteiger partial charge in [0.25, 0.3) is 0 Å². The highest BCUT2D eigenvalue weighted by molar-refractivity contribution is 4.41. The predicted molar refractivity (Wildman–Crippen MR) is 36.5 cm³/mol. The van der Waals surface area contributed by atoms with Crippen LogP contribution >= 0.6 is 0 Å². The quantitative estimate of drug-likeness (QED) is 0.537. The average Bonchev–Trinajstić information content (AvgIpc) is 1.62. The summed E-state index contributed by atoms with van der Waals surface area (Å²) in [6.07, 6.45) is 0. The molecule has 0 aromatic heterocycles. The van der Waals surface area contributed by atoms with E-state index in [-0.39, 0.29) is 12.1 Å². The molecule has 0 aliphatic rings. The summed E-state index contributed by atoms with van der Waals surface area (Å²) in [5.41, 5.74) is 0. The van der Waals surface area contributed by atoms with E-state index < -0.39 is 0 Å². The summed E-state index contributed by atoms with van der Waals surface area (Å²) in [4.78, 5) is 0. The van der Waals surface area contributed by atoms with E-state index >= 15 is 0 Å². The molecular formula is C6H17NO2. The normalized spacial score (nSPS) is 14.3. The van der Waals surface area contributed by atoms with Crippen LogP contribution in [-0.4, -0.2) is 48.9 Å². The Hall–Kier alpha value is -0.120. The number of hydrogen-bond donors (Lipinski definition) is 1. The van der Waals surface area contributed by atoms with Crippen LogP contribution in [0.2, 0.25) is 0 Å². The first-order valence-electron chi connectivity index (χ1n) is 2.90. The predicted octanol–water partition coefficient (Wildman–Crippen LogP) is -0.103. The fourth-order valence-electron chi connectivity index (χ4n) is 0.245. The molecule has 9 heavy (non-hydrogen) atoms. The van der Waals surface area contributed by atoms with Gasteiger partial charge in [-0.2, -0.15) is 0 Å². The third-order valence-electron chi connectivity index (χ3n) is 1.59. The molecule has 0 heterocycles. The van der Waals surface area contributed by atoms with Gasteiger partial charge in [0.2, 0.25) is 0 Å². The van der Waals surface area contributed by atoms with Crippen molar-refractivity contribution in [1.29, 1.82) is 0 Å². The Morgan fingerprint density at radius 2 is 1.67 bits per heavy atom. The lowest BCUT2D eigenvalue weighted by Gasteiger charge is -2.29. The van der Waals surface area contributed by atoms with E-state index in [1.165, 1.54) is 0 Å². The molecule has 0 spiro atoms. The van der Waals surface area contributed by atoms with Crippen LogP contribution in [0.5, 0.6) is 0 Å². The van der Waals surface area contributed by atoms with Crippen molar-refractivity contribution in [3.8, 4) is 0 Å². The van der Waals surface area contributed by atoms with Gasteiger partial charge in [0.15, 0.2) is 0 Å². The van der Waals surface area contributed by atoms with Crippen molar-refractivity contribution in [2.75, 3.05) is 27.7 Å². The number of aliphatic hydroxyl groups excluding tert-OH is 1. The third kappa shape index (κ3) is 4.39. The molecule has 2 N–H and O–H groups in total. The summed E-state index contributed by atoms with van der Waals surface area (Å²) < 4.78 is 0.830. The molecule has 0 aliphatic carbocycles. The van der Waals surface area contributed by atoms with E-state index in [0.29, 0.717) is 6.04 Å². The maximum Gasteiger partial charge on any atom is 0.109 e. The molecule has 3 nitrogen and oxygen atoms in total. The van der Waals surface area contributed by atoms with Crippen molar-refractivity contribution in [1.82, 2.24) is 0 Å². The highest BCUT2D eigenvalue weighted by Crippen LogP contribution is 1.98. The molecule has 58 valence electrons. The number of hydrogen-bond acceptors (Lipinski definition) is 2. The molecule has 0 rings (SSSR count). The summed E-state index contributed by atoms with van der Waals surface area (Å²) in [5.74, 6) is 0. The minimum Gasteiger partial charge on any atom is -0.870 e. The van der Waals surface area contributed by atoms with Crippen molar-refractivity contribution in [3.05, 3.63) is 0 Å². The largest absolute Gasteiger partial charge is 0.870 e. The molecule has 0 fully saturated rings. The summed E-state index contributed by atoms with van der Waals surface area (Å²) in [6.45, 7) is 2.30. The summed E-state index contributed by atoms with van der Waals surface area (Å²) in [5, 5.41) is 8.65. The van der Waals surface area contributed by atoms with Gasteiger partial charge in [0.1, 0.15) is 6.04 Å². The van der Waals surface area contributed by atoms with Crippen LogP contribution in [0, 0.1) is 0 Å². The van der Waals surface area contributed by atoms with Crippen molar-refractivity contribution < 1.29 is 15.1 Å². The van der Waals surface area contributed by atoms with Gasteiger partial charge < -0.3 is 15.1 Å². The first-order valence-corrected chi connectivity index (χ1v) is 2.90. The number of quaternary nitrogens is 1. The number of rotatable bonds is 2. The monoisotopic (exact) mass is 135 g/mol. The Balaban J connectivity index is 0. The van der Waals surface area contributed by atoms with Crippen LogP contribution in [0.25, 0.3) is 0 Å². The molecule has 0 amide bonds. The molecule has 1 unspecified atom stereocenters. The number of likely N-dealkylation sites (N-methyl/N-ethyl adjacent to an activating group) is 1. The molecule has 0 aromatic rings. The molecule has 0 aliphatic heterocycles. The zero-order chi connectivity index (χ0) is 6.78. The SMILES string of the molecule is CC(CO)[N+](C)(C)C.[OH-]. The van der Waals surface area contributed by atoms with Crippen LogP contribution in [0.1, 0.15) is 6.92 Å². The molecular weight excluding hydrogens is 118 g/mol. The van der Waals surface area contributed by atoms with Crippen LogP contribution in [0.4, 0.5) is 0 Å². The summed E-state index contributed by atoms with van der Waals surface area (Å²) >= 11 is 0. The van der Waals surface area contributed by atoms with Gasteiger partial charge in [-0.3, -0.25) is 0 Å². The van der Waals surface area contributed by atoms with Gasteiger partial charge in [0, 0.05) is 0 Å².